The molecule has 0 bridgehead atoms. The van der Waals surface area contributed by atoms with Crippen molar-refractivity contribution in [3.63, 3.8) is 0 Å². The summed E-state index contributed by atoms with van der Waals surface area (Å²) in [5.74, 6) is -3.08. The molecule has 9 rings (SSSR count). The second kappa shape index (κ2) is 22.6. The van der Waals surface area contributed by atoms with E-state index < -0.39 is 206 Å². The summed E-state index contributed by atoms with van der Waals surface area (Å²) in [7, 11) is 0. The van der Waals surface area contributed by atoms with Crippen LogP contribution in [-0.4, -0.2) is 255 Å². The normalized spacial score (nSPS) is 54.0. The second-order valence-corrected chi connectivity index (χ2v) is 26.2. The predicted molar refractivity (Wildman–Crippen MR) is 266 cm³/mol. The number of esters is 1. The molecule has 0 radical (unpaired) electrons. The van der Waals surface area contributed by atoms with Crippen molar-refractivity contribution in [2.24, 2.45) is 50.2 Å². The number of hydrogen-bond acceptors (Lipinski definition) is 25. The molecule has 4 heterocycles. The number of carbonyl (C=O) groups excluding carboxylic acids is 1. The molecule has 0 aromatic carbocycles. The van der Waals surface area contributed by atoms with Crippen molar-refractivity contribution >= 4 is 11.9 Å². The van der Waals surface area contributed by atoms with E-state index in [1.165, 1.54) is 0 Å². The lowest BCUT2D eigenvalue weighted by Crippen LogP contribution is -2.69. The smallest absolute Gasteiger partial charge is 0.317 e. The van der Waals surface area contributed by atoms with E-state index in [0.29, 0.717) is 44.9 Å². The van der Waals surface area contributed by atoms with Crippen molar-refractivity contribution in [3.8, 4) is 0 Å². The molecular weight excluding hydrogens is 1060 g/mol. The van der Waals surface area contributed by atoms with Crippen molar-refractivity contribution in [1.29, 1.82) is 0 Å². The summed E-state index contributed by atoms with van der Waals surface area (Å²) in [4.78, 5) is 28.6. The predicted octanol–water partition coefficient (Wildman–Crippen LogP) is -4.00. The van der Waals surface area contributed by atoms with Crippen LogP contribution in [0.15, 0.2) is 11.6 Å². The quantitative estimate of drug-likeness (QED) is 0.0617. The number of ether oxygens (including phenoxy) is 8. The van der Waals surface area contributed by atoms with Crippen molar-refractivity contribution in [3.05, 3.63) is 11.6 Å². The van der Waals surface area contributed by atoms with Crippen LogP contribution in [-0.2, 0) is 47.5 Å². The number of carboxylic acid groups (broad SMARTS) is 1. The van der Waals surface area contributed by atoms with E-state index in [1.807, 2.05) is 0 Å². The van der Waals surface area contributed by atoms with E-state index in [0.717, 1.165) is 5.57 Å². The molecule has 16 N–H and O–H groups in total. The van der Waals surface area contributed by atoms with Crippen LogP contribution in [0.25, 0.3) is 0 Å². The SMILES string of the molecule is CC1(C)CCC2(C(=O)OC3OC(COC4OC(CO)C(O)C(O)C4OC4OC(CO)C(O)C(O)C4O)C(O)C(OC4OC(CO)C(O)C(O)C4O)C3O)C(O)CC3(C)C(=CCC4C5(C)CCC(O)C(C)(C(=O)O)C5CCC43C)C2C1. The highest BCUT2D eigenvalue weighted by Gasteiger charge is 2.73. The van der Waals surface area contributed by atoms with Gasteiger partial charge in [-0.05, 0) is 104 Å². The minimum Gasteiger partial charge on any atom is -0.481 e. The van der Waals surface area contributed by atoms with Gasteiger partial charge >= 0.3 is 11.9 Å². The molecule has 0 spiro atoms. The molecule has 80 heavy (non-hydrogen) atoms. The molecule has 30 atom stereocenters. The third-order valence-corrected chi connectivity index (χ3v) is 21.6. The average molecular weight is 1150 g/mol. The minimum absolute atomic E-state index is 0.0645. The Morgan fingerprint density at radius 3 is 1.65 bits per heavy atom. The van der Waals surface area contributed by atoms with Crippen molar-refractivity contribution in [1.82, 2.24) is 0 Å². The number of carboxylic acids is 1. The van der Waals surface area contributed by atoms with Crippen LogP contribution in [0.4, 0.5) is 0 Å². The van der Waals surface area contributed by atoms with E-state index in [-0.39, 0.29) is 30.1 Å². The first-order valence-corrected chi connectivity index (χ1v) is 28.1. The first kappa shape index (κ1) is 62.3. The zero-order chi connectivity index (χ0) is 58.7. The molecule has 4 saturated carbocycles. The lowest BCUT2D eigenvalue weighted by atomic mass is 9.33. The topological polar surface area (TPSA) is 432 Å². The van der Waals surface area contributed by atoms with Crippen molar-refractivity contribution in [2.45, 2.75) is 234 Å². The largest absolute Gasteiger partial charge is 0.481 e. The Labute approximate surface area is 462 Å². The van der Waals surface area contributed by atoms with Gasteiger partial charge in [0.05, 0.1) is 44.1 Å². The van der Waals surface area contributed by atoms with E-state index in [4.69, 9.17) is 37.9 Å². The monoisotopic (exact) mass is 1150 g/mol. The molecule has 4 aliphatic heterocycles. The number of fused-ring (bicyclic) bond motifs is 7. The van der Waals surface area contributed by atoms with E-state index in [2.05, 4.69) is 40.7 Å². The molecule has 458 valence electrons. The zero-order valence-electron chi connectivity index (χ0n) is 45.9. The lowest BCUT2D eigenvalue weighted by molar-refractivity contribution is -0.378. The molecule has 26 heteroatoms. The van der Waals surface area contributed by atoms with Gasteiger partial charge in [-0.25, -0.2) is 0 Å². The molecular formula is C54H86O26. The summed E-state index contributed by atoms with van der Waals surface area (Å²) in [6, 6.07) is 0. The Kier molecular flexibility index (Phi) is 17.6. The number of carbonyl (C=O) groups is 2. The molecule has 0 aromatic rings. The summed E-state index contributed by atoms with van der Waals surface area (Å²) in [5.41, 5.74) is -4.22. The summed E-state index contributed by atoms with van der Waals surface area (Å²) in [6.45, 7) is 8.72. The number of aliphatic hydroxyl groups is 15. The highest BCUT2D eigenvalue weighted by molar-refractivity contribution is 5.80. The van der Waals surface area contributed by atoms with E-state index in [1.54, 1.807) is 6.92 Å². The van der Waals surface area contributed by atoms with Gasteiger partial charge in [0.25, 0.3) is 0 Å². The average Bonchev–Trinajstić information content (AvgIpc) is 3.53. The van der Waals surface area contributed by atoms with E-state index >= 15 is 4.79 Å². The molecule has 0 amide bonds. The van der Waals surface area contributed by atoms with Crippen LogP contribution in [0, 0.1) is 50.2 Å². The van der Waals surface area contributed by atoms with Gasteiger partial charge in [0.15, 0.2) is 18.9 Å². The van der Waals surface area contributed by atoms with E-state index in [9.17, 15) is 86.5 Å². The molecule has 8 fully saturated rings. The standard InChI is InChI=1S/C54H86O26/c1-49(2)13-14-54(22(15-49)21-7-8-27-50(3)11-10-29(58)53(6,47(70)71)28(50)9-12-51(27,4)52(21,5)16-30(54)59)48(72)80-45-40(69)41(78-43-38(67)35(64)31(60)23(17-55)74-43)34(63)26(77-45)20-73-46-42(37(66)33(62)25(19-57)76-46)79-44-39(68)36(65)32(61)24(18-56)75-44/h7,22-46,55-69H,8-20H2,1-6H3,(H,70,71). The number of aliphatic hydroxyl groups excluding tert-OH is 15. The third kappa shape index (κ3) is 9.82. The number of allylic oxidation sites excluding steroid dienone is 2. The van der Waals surface area contributed by atoms with Gasteiger partial charge in [-0.1, -0.05) is 46.3 Å². The molecule has 4 saturated heterocycles. The zero-order valence-corrected chi connectivity index (χ0v) is 45.9. The molecule has 5 aliphatic carbocycles. The van der Waals surface area contributed by atoms with Gasteiger partial charge < -0.3 is 120 Å². The van der Waals surface area contributed by atoms with Crippen LogP contribution in [0.1, 0.15) is 99.3 Å². The van der Waals surface area contributed by atoms with Gasteiger partial charge in [0.2, 0.25) is 6.29 Å². The van der Waals surface area contributed by atoms with Crippen molar-refractivity contribution in [2.75, 3.05) is 26.4 Å². The second-order valence-electron chi connectivity index (χ2n) is 26.2. The van der Waals surface area contributed by atoms with Crippen LogP contribution in [0.2, 0.25) is 0 Å². The van der Waals surface area contributed by atoms with Gasteiger partial charge in [0, 0.05) is 0 Å². The first-order valence-electron chi connectivity index (χ1n) is 28.1. The Balaban J connectivity index is 1.03. The molecule has 9 aliphatic rings. The third-order valence-electron chi connectivity index (χ3n) is 21.6. The van der Waals surface area contributed by atoms with Crippen LogP contribution in [0.3, 0.4) is 0 Å². The minimum atomic E-state index is -2.17. The van der Waals surface area contributed by atoms with Crippen LogP contribution < -0.4 is 0 Å². The Bertz CT molecular complexity index is 2250. The Morgan fingerprint density at radius 1 is 0.550 bits per heavy atom. The highest BCUT2D eigenvalue weighted by atomic mass is 16.8. The maximum absolute atomic E-state index is 15.6. The summed E-state index contributed by atoms with van der Waals surface area (Å²) >= 11 is 0. The maximum atomic E-state index is 15.6. The number of aliphatic carboxylic acids is 1. The lowest BCUT2D eigenvalue weighted by Gasteiger charge is -2.71. The Hall–Kier alpha value is -2.20. The molecule has 30 unspecified atom stereocenters. The van der Waals surface area contributed by atoms with Gasteiger partial charge in [-0.2, -0.15) is 0 Å². The first-order chi connectivity index (χ1) is 37.4. The number of rotatable bonds is 13. The fourth-order valence-electron chi connectivity index (χ4n) is 16.4. The number of hydrogen-bond donors (Lipinski definition) is 16. The Morgan fingerprint density at radius 2 is 1.09 bits per heavy atom. The maximum Gasteiger partial charge on any atom is 0.317 e. The summed E-state index contributed by atoms with van der Waals surface area (Å²) in [5, 5.41) is 175. The van der Waals surface area contributed by atoms with Crippen LogP contribution >= 0.6 is 0 Å². The molecule has 26 nitrogen and oxygen atoms in total. The van der Waals surface area contributed by atoms with Crippen molar-refractivity contribution < 1.29 is 129 Å². The fraction of sp³-hybridized carbons (Fsp3) is 0.926. The molecule has 0 aromatic heterocycles. The van der Waals surface area contributed by atoms with Gasteiger partial charge in [-0.3, -0.25) is 9.59 Å². The van der Waals surface area contributed by atoms with Crippen LogP contribution in [0.5, 0.6) is 0 Å². The summed E-state index contributed by atoms with van der Waals surface area (Å²) in [6.07, 6.45) is -34.5. The van der Waals surface area contributed by atoms with Gasteiger partial charge in [0.1, 0.15) is 103 Å². The highest BCUT2D eigenvalue weighted by Crippen LogP contribution is 2.76. The fourth-order valence-corrected chi connectivity index (χ4v) is 16.4. The van der Waals surface area contributed by atoms with Gasteiger partial charge in [-0.15, -0.1) is 0 Å². The summed E-state index contributed by atoms with van der Waals surface area (Å²) < 4.78 is 46.9.